The van der Waals surface area contributed by atoms with Crippen LogP contribution in [0.4, 0.5) is 0 Å². The fraction of sp³-hybridized carbons (Fsp3) is 0.444. The molecular weight excluding hydrogens is 688 g/mol. The average molecular weight is 735 g/mol. The van der Waals surface area contributed by atoms with Crippen molar-refractivity contribution in [2.24, 2.45) is 10.8 Å². The fourth-order valence-electron chi connectivity index (χ4n) is 3.70. The number of carbonyl (C=O) groups is 8. The normalized spacial score (nSPS) is 10.5. The Morgan fingerprint density at radius 3 is 0.712 bits per heavy atom. The van der Waals surface area contributed by atoms with E-state index >= 15 is 0 Å². The molecule has 286 valence electrons. The Labute approximate surface area is 302 Å². The summed E-state index contributed by atoms with van der Waals surface area (Å²) in [5.41, 5.74) is -2.92. The van der Waals surface area contributed by atoms with Crippen LogP contribution < -0.4 is 0 Å². The summed E-state index contributed by atoms with van der Waals surface area (Å²) in [5.74, 6) is -6.20. The molecule has 16 heteroatoms. The molecule has 16 nitrogen and oxygen atoms in total. The van der Waals surface area contributed by atoms with Crippen molar-refractivity contribution < 1.29 is 76.3 Å². The zero-order valence-electron chi connectivity index (χ0n) is 29.1. The van der Waals surface area contributed by atoms with Gasteiger partial charge in [-0.15, -0.1) is 0 Å². The molecule has 0 aromatic rings. The number of unbranched alkanes of at least 4 members (excludes halogenated alkanes) is 3. The van der Waals surface area contributed by atoms with Crippen LogP contribution in [0.3, 0.4) is 0 Å². The second-order valence-electron chi connectivity index (χ2n) is 11.1. The standard InChI is InChI=1S/C36H46O16/c1-7-27(37)45-19-35(20-46-28(38)8-2,21-47-29(39)9-3)25-51-33(43)17-15-13-14-16-18-34(44)52-26-36(22-48-30(40)10-4,23-49-31(41)11-5)24-50-32(42)12-6/h7-12H,1-6,13-26H2. The molecule has 0 aliphatic rings. The molecule has 0 fully saturated rings. The Kier molecular flexibility index (Phi) is 23.2. The maximum atomic E-state index is 12.6. The summed E-state index contributed by atoms with van der Waals surface area (Å²) < 4.78 is 41.3. The summed E-state index contributed by atoms with van der Waals surface area (Å²) >= 11 is 0. The minimum atomic E-state index is -1.46. The molecule has 0 N–H and O–H groups in total. The van der Waals surface area contributed by atoms with Gasteiger partial charge in [0.15, 0.2) is 0 Å². The van der Waals surface area contributed by atoms with E-state index < -0.39 is 111 Å². The molecule has 0 spiro atoms. The van der Waals surface area contributed by atoms with Crippen molar-refractivity contribution in [3.63, 3.8) is 0 Å². The molecule has 0 amide bonds. The summed E-state index contributed by atoms with van der Waals surface area (Å²) in [5, 5.41) is 0. The van der Waals surface area contributed by atoms with Crippen LogP contribution >= 0.6 is 0 Å². The number of esters is 8. The van der Waals surface area contributed by atoms with E-state index in [0.29, 0.717) is 25.7 Å². The minimum Gasteiger partial charge on any atom is -0.465 e. The van der Waals surface area contributed by atoms with E-state index in [0.717, 1.165) is 36.5 Å². The van der Waals surface area contributed by atoms with E-state index in [4.69, 9.17) is 37.9 Å². The molecule has 0 radical (unpaired) electrons. The highest BCUT2D eigenvalue weighted by Crippen LogP contribution is 2.24. The SMILES string of the molecule is C=CC(=O)OCC(COC(=O)C=C)(COC(=O)C=C)COC(=O)CCCCCCC(=O)OCC(COC(=O)C=C)(COC(=O)C=C)COC(=O)C=C. The Morgan fingerprint density at radius 2 is 0.519 bits per heavy atom. The van der Waals surface area contributed by atoms with E-state index in [1.165, 1.54) is 0 Å². The third kappa shape index (κ3) is 20.7. The van der Waals surface area contributed by atoms with E-state index in [1.54, 1.807) is 0 Å². The number of hydrogen-bond donors (Lipinski definition) is 0. The zero-order valence-corrected chi connectivity index (χ0v) is 29.1. The summed E-state index contributed by atoms with van der Waals surface area (Å²) in [4.78, 5) is 95.5. The van der Waals surface area contributed by atoms with Crippen molar-refractivity contribution in [2.45, 2.75) is 38.5 Å². The van der Waals surface area contributed by atoms with Gasteiger partial charge in [0, 0.05) is 49.3 Å². The van der Waals surface area contributed by atoms with Gasteiger partial charge in [0.1, 0.15) is 63.7 Å². The lowest BCUT2D eigenvalue weighted by Gasteiger charge is -2.31. The van der Waals surface area contributed by atoms with Gasteiger partial charge in [-0.25, -0.2) is 28.8 Å². The van der Waals surface area contributed by atoms with E-state index in [2.05, 4.69) is 39.5 Å². The lowest BCUT2D eigenvalue weighted by atomic mass is 9.92. The average Bonchev–Trinajstić information content (AvgIpc) is 3.16. The Morgan fingerprint density at radius 1 is 0.327 bits per heavy atom. The largest absolute Gasteiger partial charge is 0.465 e. The van der Waals surface area contributed by atoms with Crippen LogP contribution in [0.1, 0.15) is 38.5 Å². The van der Waals surface area contributed by atoms with Crippen LogP contribution in [0.5, 0.6) is 0 Å². The van der Waals surface area contributed by atoms with Gasteiger partial charge in [-0.3, -0.25) is 9.59 Å². The molecule has 0 aromatic heterocycles. The monoisotopic (exact) mass is 734 g/mol. The summed E-state index contributed by atoms with van der Waals surface area (Å²) in [6.45, 7) is 16.1. The van der Waals surface area contributed by atoms with E-state index in [9.17, 15) is 38.4 Å². The topological polar surface area (TPSA) is 210 Å². The molecule has 52 heavy (non-hydrogen) atoms. The third-order valence-electron chi connectivity index (χ3n) is 6.71. The first-order chi connectivity index (χ1) is 24.7. The highest BCUT2D eigenvalue weighted by Gasteiger charge is 2.38. The molecule has 0 aromatic carbocycles. The molecule has 0 aliphatic heterocycles. The van der Waals surface area contributed by atoms with E-state index in [1.807, 2.05) is 0 Å². The maximum absolute atomic E-state index is 12.6. The van der Waals surface area contributed by atoms with E-state index in [-0.39, 0.29) is 12.8 Å². The van der Waals surface area contributed by atoms with Crippen molar-refractivity contribution in [1.29, 1.82) is 0 Å². The van der Waals surface area contributed by atoms with Crippen LogP contribution in [0.25, 0.3) is 0 Å². The first-order valence-corrected chi connectivity index (χ1v) is 15.8. The second kappa shape index (κ2) is 26.1. The first-order valence-electron chi connectivity index (χ1n) is 15.8. The predicted octanol–water partition coefficient (Wildman–Crippen LogP) is 2.76. The van der Waals surface area contributed by atoms with Crippen molar-refractivity contribution >= 4 is 47.8 Å². The summed E-state index contributed by atoms with van der Waals surface area (Å²) in [6, 6.07) is 0. The highest BCUT2D eigenvalue weighted by molar-refractivity contribution is 5.83. The van der Waals surface area contributed by atoms with Crippen LogP contribution in [0, 0.1) is 10.8 Å². The quantitative estimate of drug-likeness (QED) is 0.0468. The minimum absolute atomic E-state index is 0.0370. The van der Waals surface area contributed by atoms with Gasteiger partial charge in [-0.2, -0.15) is 0 Å². The van der Waals surface area contributed by atoms with Gasteiger partial charge in [0.05, 0.1) is 0 Å². The lowest BCUT2D eigenvalue weighted by molar-refractivity contribution is -0.169. The van der Waals surface area contributed by atoms with Gasteiger partial charge in [-0.1, -0.05) is 52.3 Å². The second-order valence-corrected chi connectivity index (χ2v) is 11.1. The summed E-state index contributed by atoms with van der Waals surface area (Å²) in [7, 11) is 0. The summed E-state index contributed by atoms with van der Waals surface area (Å²) in [6.07, 6.45) is 7.05. The fourth-order valence-corrected chi connectivity index (χ4v) is 3.70. The van der Waals surface area contributed by atoms with Crippen molar-refractivity contribution in [3.8, 4) is 0 Å². The van der Waals surface area contributed by atoms with Gasteiger partial charge < -0.3 is 37.9 Å². The number of ether oxygens (including phenoxy) is 8. The number of carbonyl (C=O) groups excluding carboxylic acids is 8. The Bertz CT molecular complexity index is 1110. The van der Waals surface area contributed by atoms with Gasteiger partial charge in [0.2, 0.25) is 0 Å². The number of hydrogen-bond acceptors (Lipinski definition) is 16. The Hall–Kier alpha value is -5.80. The smallest absolute Gasteiger partial charge is 0.330 e. The third-order valence-corrected chi connectivity index (χ3v) is 6.71. The van der Waals surface area contributed by atoms with Crippen LogP contribution in [0.2, 0.25) is 0 Å². The van der Waals surface area contributed by atoms with Crippen LogP contribution in [-0.4, -0.2) is 101 Å². The molecule has 0 rings (SSSR count). The van der Waals surface area contributed by atoms with Gasteiger partial charge in [0.25, 0.3) is 0 Å². The van der Waals surface area contributed by atoms with Gasteiger partial charge >= 0.3 is 47.8 Å². The predicted molar refractivity (Wildman–Crippen MR) is 181 cm³/mol. The molecule has 0 unspecified atom stereocenters. The maximum Gasteiger partial charge on any atom is 0.330 e. The molecule has 0 bridgehead atoms. The molecule has 0 atom stereocenters. The van der Waals surface area contributed by atoms with Gasteiger partial charge in [-0.05, 0) is 12.8 Å². The molecule has 0 heterocycles. The molecule has 0 aliphatic carbocycles. The van der Waals surface area contributed by atoms with Crippen molar-refractivity contribution in [1.82, 2.24) is 0 Å². The molecule has 0 saturated carbocycles. The highest BCUT2D eigenvalue weighted by atomic mass is 16.6. The Balaban J connectivity index is 5.18. The van der Waals surface area contributed by atoms with Crippen LogP contribution in [-0.2, 0) is 76.3 Å². The lowest BCUT2D eigenvalue weighted by Crippen LogP contribution is -2.43. The molecular formula is C36H46O16. The zero-order chi connectivity index (χ0) is 39.4. The molecule has 0 saturated heterocycles. The van der Waals surface area contributed by atoms with Crippen molar-refractivity contribution in [3.05, 3.63) is 75.9 Å². The van der Waals surface area contributed by atoms with Crippen LogP contribution in [0.15, 0.2) is 75.9 Å². The first kappa shape index (κ1) is 46.2. The van der Waals surface area contributed by atoms with Crippen molar-refractivity contribution in [2.75, 3.05) is 52.9 Å². The number of rotatable bonds is 29.